The van der Waals surface area contributed by atoms with E-state index in [2.05, 4.69) is 0 Å². The zero-order valence-corrected chi connectivity index (χ0v) is 10.1. The molecule has 94 valence electrons. The van der Waals surface area contributed by atoms with E-state index < -0.39 is 17.9 Å². The van der Waals surface area contributed by atoms with Crippen molar-refractivity contribution < 1.29 is 19.5 Å². The summed E-state index contributed by atoms with van der Waals surface area (Å²) in [6, 6.07) is 0. The molecule has 2 amide bonds. The smallest absolute Gasteiger partial charge is 0.414 e. The average Bonchev–Trinajstić information content (AvgIpc) is 2.99. The molecule has 0 radical (unpaired) electrons. The number of hydrogen-bond acceptors (Lipinski definition) is 3. The molecule has 5 nitrogen and oxygen atoms in total. The number of rotatable bonds is 2. The highest BCUT2D eigenvalue weighted by molar-refractivity contribution is 6.08. The zero-order valence-electron chi connectivity index (χ0n) is 10.1. The number of piperidine rings is 1. The molecule has 5 heteroatoms. The van der Waals surface area contributed by atoms with E-state index in [0.717, 1.165) is 17.7 Å². The third kappa shape index (κ3) is 2.06. The maximum atomic E-state index is 12.2. The number of imide groups is 1. The first-order valence-corrected chi connectivity index (χ1v) is 5.94. The molecule has 2 atom stereocenters. The van der Waals surface area contributed by atoms with E-state index in [-0.39, 0.29) is 23.7 Å². The molecule has 1 N–H and O–H groups in total. The van der Waals surface area contributed by atoms with Crippen LogP contribution in [0, 0.1) is 17.3 Å². The van der Waals surface area contributed by atoms with Gasteiger partial charge < -0.3 is 5.11 Å². The summed E-state index contributed by atoms with van der Waals surface area (Å²) < 4.78 is 0. The van der Waals surface area contributed by atoms with Crippen molar-refractivity contribution in [1.29, 1.82) is 0 Å². The van der Waals surface area contributed by atoms with Crippen LogP contribution in [0.3, 0.4) is 0 Å². The summed E-state index contributed by atoms with van der Waals surface area (Å²) in [7, 11) is 0. The van der Waals surface area contributed by atoms with Gasteiger partial charge in [-0.3, -0.25) is 9.59 Å². The number of hydrogen-bond donors (Lipinski definition) is 1. The normalized spacial score (nSPS) is 31.2. The summed E-state index contributed by atoms with van der Waals surface area (Å²) in [4.78, 5) is 35.9. The Bertz CT molecular complexity index is 386. The fraction of sp³-hybridized carbons (Fsp3) is 0.750. The molecule has 0 aromatic carbocycles. The third-order valence-corrected chi connectivity index (χ3v) is 3.84. The molecule has 2 aliphatic rings. The lowest BCUT2D eigenvalue weighted by Gasteiger charge is -2.33. The summed E-state index contributed by atoms with van der Waals surface area (Å²) in [6.07, 6.45) is 0.867. The summed E-state index contributed by atoms with van der Waals surface area (Å²) in [5.41, 5.74) is -0.373. The van der Waals surface area contributed by atoms with Gasteiger partial charge in [0.1, 0.15) is 0 Å². The number of carbonyl (C=O) groups excluding carboxylic acids is 2. The van der Waals surface area contributed by atoms with Gasteiger partial charge in [0, 0.05) is 12.0 Å². The standard InChI is InChI=1S/C12H17NO4/c1-7-5-8(9(14)12(2)3-4-12)10(15)13(6-7)11(16)17/h7-8H,3-6H2,1-2H3,(H,16,17). The predicted molar refractivity (Wildman–Crippen MR) is 59.4 cm³/mol. The monoisotopic (exact) mass is 239 g/mol. The van der Waals surface area contributed by atoms with Gasteiger partial charge in [-0.05, 0) is 25.2 Å². The van der Waals surface area contributed by atoms with E-state index >= 15 is 0 Å². The van der Waals surface area contributed by atoms with E-state index in [4.69, 9.17) is 5.11 Å². The Morgan fingerprint density at radius 2 is 2.00 bits per heavy atom. The molecule has 1 aliphatic heterocycles. The van der Waals surface area contributed by atoms with Gasteiger partial charge in [0.05, 0.1) is 5.92 Å². The SMILES string of the molecule is CC1CC(C(=O)C2(C)CC2)C(=O)N(C(=O)O)C1. The van der Waals surface area contributed by atoms with E-state index in [9.17, 15) is 14.4 Å². The maximum Gasteiger partial charge on any atom is 0.414 e. The zero-order chi connectivity index (χ0) is 12.8. The van der Waals surface area contributed by atoms with E-state index in [1.165, 1.54) is 0 Å². The van der Waals surface area contributed by atoms with Crippen molar-refractivity contribution in [2.75, 3.05) is 6.54 Å². The first kappa shape index (κ1) is 12.1. The van der Waals surface area contributed by atoms with Crippen molar-refractivity contribution >= 4 is 17.8 Å². The number of Topliss-reactive ketones (excluding diaryl/α,β-unsaturated/α-hetero) is 1. The molecule has 1 saturated carbocycles. The lowest BCUT2D eigenvalue weighted by molar-refractivity contribution is -0.145. The quantitative estimate of drug-likeness (QED) is 0.741. The van der Waals surface area contributed by atoms with Gasteiger partial charge in [-0.1, -0.05) is 13.8 Å². The fourth-order valence-corrected chi connectivity index (χ4v) is 2.41. The van der Waals surface area contributed by atoms with Gasteiger partial charge in [-0.25, -0.2) is 9.69 Å². The number of ketones is 1. The second kappa shape index (κ2) is 3.82. The topological polar surface area (TPSA) is 74.7 Å². The first-order chi connectivity index (χ1) is 7.85. The largest absolute Gasteiger partial charge is 0.465 e. The van der Waals surface area contributed by atoms with Crippen molar-refractivity contribution in [3.05, 3.63) is 0 Å². The highest BCUT2D eigenvalue weighted by Gasteiger charge is 2.51. The summed E-state index contributed by atoms with van der Waals surface area (Å²) in [6.45, 7) is 3.93. The van der Waals surface area contributed by atoms with Crippen molar-refractivity contribution in [2.24, 2.45) is 17.3 Å². The van der Waals surface area contributed by atoms with Crippen LogP contribution in [0.15, 0.2) is 0 Å². The molecule has 2 unspecified atom stereocenters. The van der Waals surface area contributed by atoms with Crippen LogP contribution in [-0.4, -0.2) is 34.3 Å². The summed E-state index contributed by atoms with van der Waals surface area (Å²) >= 11 is 0. The van der Waals surface area contributed by atoms with Crippen molar-refractivity contribution in [1.82, 2.24) is 4.90 Å². The van der Waals surface area contributed by atoms with Gasteiger partial charge in [0.15, 0.2) is 5.78 Å². The Kier molecular flexibility index (Phi) is 2.72. The Hall–Kier alpha value is -1.39. The lowest BCUT2D eigenvalue weighted by Crippen LogP contribution is -2.50. The summed E-state index contributed by atoms with van der Waals surface area (Å²) in [5.74, 6) is -1.29. The third-order valence-electron chi connectivity index (χ3n) is 3.84. The highest BCUT2D eigenvalue weighted by atomic mass is 16.4. The first-order valence-electron chi connectivity index (χ1n) is 5.94. The molecule has 1 heterocycles. The average molecular weight is 239 g/mol. The predicted octanol–water partition coefficient (Wildman–Crippen LogP) is 1.52. The molecule has 1 saturated heterocycles. The van der Waals surface area contributed by atoms with E-state index in [0.29, 0.717) is 6.42 Å². The Morgan fingerprint density at radius 3 is 2.47 bits per heavy atom. The molecule has 17 heavy (non-hydrogen) atoms. The molecule has 0 aromatic heterocycles. The number of carbonyl (C=O) groups is 3. The van der Waals surface area contributed by atoms with Gasteiger partial charge >= 0.3 is 6.09 Å². The van der Waals surface area contributed by atoms with Gasteiger partial charge in [0.25, 0.3) is 0 Å². The van der Waals surface area contributed by atoms with Crippen LogP contribution in [0.2, 0.25) is 0 Å². The Balaban J connectivity index is 2.18. The number of amides is 2. The van der Waals surface area contributed by atoms with Crippen molar-refractivity contribution in [3.63, 3.8) is 0 Å². The van der Waals surface area contributed by atoms with Crippen molar-refractivity contribution in [2.45, 2.75) is 33.1 Å². The second-order valence-electron chi connectivity index (χ2n) is 5.55. The van der Waals surface area contributed by atoms with E-state index in [1.54, 1.807) is 0 Å². The number of carboxylic acid groups (broad SMARTS) is 1. The van der Waals surface area contributed by atoms with E-state index in [1.807, 2.05) is 13.8 Å². The molecule has 0 bridgehead atoms. The molecule has 0 aromatic rings. The molecule has 2 rings (SSSR count). The minimum absolute atomic E-state index is 0.0556. The molecular weight excluding hydrogens is 222 g/mol. The maximum absolute atomic E-state index is 12.2. The lowest BCUT2D eigenvalue weighted by atomic mass is 9.81. The molecular formula is C12H17NO4. The van der Waals surface area contributed by atoms with Crippen LogP contribution in [0.5, 0.6) is 0 Å². The molecule has 1 aliphatic carbocycles. The number of nitrogens with zero attached hydrogens (tertiary/aromatic N) is 1. The Morgan fingerprint density at radius 1 is 1.41 bits per heavy atom. The van der Waals surface area contributed by atoms with Crippen LogP contribution in [-0.2, 0) is 9.59 Å². The minimum Gasteiger partial charge on any atom is -0.465 e. The molecule has 2 fully saturated rings. The van der Waals surface area contributed by atoms with Crippen LogP contribution < -0.4 is 0 Å². The second-order valence-corrected chi connectivity index (χ2v) is 5.55. The van der Waals surface area contributed by atoms with Gasteiger partial charge in [-0.2, -0.15) is 0 Å². The highest BCUT2D eigenvalue weighted by Crippen LogP contribution is 2.48. The minimum atomic E-state index is -1.25. The van der Waals surface area contributed by atoms with Crippen LogP contribution in [0.1, 0.15) is 33.1 Å². The van der Waals surface area contributed by atoms with Crippen molar-refractivity contribution in [3.8, 4) is 0 Å². The fourth-order valence-electron chi connectivity index (χ4n) is 2.41. The van der Waals surface area contributed by atoms with Crippen LogP contribution in [0.4, 0.5) is 4.79 Å². The Labute approximate surface area is 99.8 Å². The van der Waals surface area contributed by atoms with Crippen LogP contribution in [0.25, 0.3) is 0 Å². The van der Waals surface area contributed by atoms with Crippen LogP contribution >= 0.6 is 0 Å². The summed E-state index contributed by atoms with van der Waals surface area (Å²) in [5, 5.41) is 8.94. The van der Waals surface area contributed by atoms with Gasteiger partial charge in [-0.15, -0.1) is 0 Å². The van der Waals surface area contributed by atoms with Gasteiger partial charge in [0.2, 0.25) is 5.91 Å². The molecule has 0 spiro atoms. The number of likely N-dealkylation sites (tertiary alicyclic amines) is 1.